The molecule has 0 fully saturated rings. The van der Waals surface area contributed by atoms with Gasteiger partial charge >= 0.3 is 0 Å². The molecule has 92 valence electrons. The topological polar surface area (TPSA) is 55.6 Å². The van der Waals surface area contributed by atoms with E-state index < -0.39 is 0 Å². The summed E-state index contributed by atoms with van der Waals surface area (Å²) in [7, 11) is 1.88. The average Bonchev–Trinajstić information content (AvgIpc) is 2.93. The van der Waals surface area contributed by atoms with E-state index in [2.05, 4.69) is 26.1 Å². The van der Waals surface area contributed by atoms with E-state index in [1.165, 1.54) is 11.7 Å². The Hall–Kier alpha value is -0.980. The quantitative estimate of drug-likeness (QED) is 0.904. The number of nitrogens with zero attached hydrogens (tertiary/aromatic N) is 4. The molecular formula is C10H14ClN5S. The van der Waals surface area contributed by atoms with Crippen LogP contribution in [-0.4, -0.2) is 25.1 Å². The smallest absolute Gasteiger partial charge is 0.0974 e. The third-order valence-electron chi connectivity index (χ3n) is 2.48. The molecule has 0 saturated carbocycles. The molecule has 0 radical (unpaired) electrons. The van der Waals surface area contributed by atoms with Crippen molar-refractivity contribution in [1.29, 1.82) is 0 Å². The van der Waals surface area contributed by atoms with Gasteiger partial charge in [0.1, 0.15) is 0 Å². The number of halogens is 1. The van der Waals surface area contributed by atoms with E-state index in [4.69, 9.17) is 11.6 Å². The molecule has 2 aromatic rings. The maximum Gasteiger partial charge on any atom is 0.0974 e. The van der Waals surface area contributed by atoms with Crippen LogP contribution in [-0.2, 0) is 7.05 Å². The van der Waals surface area contributed by atoms with Gasteiger partial charge in [0.25, 0.3) is 0 Å². The zero-order chi connectivity index (χ0) is 12.3. The molecule has 2 rings (SSSR count). The third kappa shape index (κ3) is 2.65. The zero-order valence-corrected chi connectivity index (χ0v) is 11.3. The van der Waals surface area contributed by atoms with Crippen LogP contribution < -0.4 is 5.32 Å². The van der Waals surface area contributed by atoms with Crippen LogP contribution in [0.3, 0.4) is 0 Å². The summed E-state index contributed by atoms with van der Waals surface area (Å²) in [5, 5.41) is 8.22. The molecule has 2 heterocycles. The number of aromatic nitrogens is 4. The van der Waals surface area contributed by atoms with Crippen LogP contribution in [0.25, 0.3) is 0 Å². The van der Waals surface area contributed by atoms with Gasteiger partial charge < -0.3 is 5.32 Å². The van der Waals surface area contributed by atoms with Gasteiger partial charge in [0.15, 0.2) is 0 Å². The van der Waals surface area contributed by atoms with Crippen molar-refractivity contribution in [1.82, 2.24) is 23.8 Å². The Morgan fingerprint density at radius 3 is 2.88 bits per heavy atom. The van der Waals surface area contributed by atoms with Crippen molar-refractivity contribution >= 4 is 23.3 Å². The second-order valence-corrected chi connectivity index (χ2v) is 4.68. The first-order valence-electron chi connectivity index (χ1n) is 5.42. The summed E-state index contributed by atoms with van der Waals surface area (Å²) in [4.78, 5) is 0. The molecule has 0 aromatic carbocycles. The Labute approximate surface area is 109 Å². The lowest BCUT2D eigenvalue weighted by atomic mass is 10.1. The van der Waals surface area contributed by atoms with E-state index in [0.29, 0.717) is 5.02 Å². The maximum atomic E-state index is 6.17. The summed E-state index contributed by atoms with van der Waals surface area (Å²) in [6.07, 6.45) is 4.46. The fraction of sp³-hybridized carbons (Fsp3) is 0.500. The Bertz CT molecular complexity index is 448. The largest absolute Gasteiger partial charge is 0.304 e. The summed E-state index contributed by atoms with van der Waals surface area (Å²) in [6, 6.07) is -0.0475. The number of aryl methyl sites for hydroxylation is 1. The highest BCUT2D eigenvalue weighted by Gasteiger charge is 2.22. The Balaban J connectivity index is 2.33. The van der Waals surface area contributed by atoms with Crippen molar-refractivity contribution in [3.8, 4) is 0 Å². The van der Waals surface area contributed by atoms with Crippen LogP contribution in [0, 0.1) is 0 Å². The molecule has 1 N–H and O–H groups in total. The zero-order valence-electron chi connectivity index (χ0n) is 9.72. The molecule has 1 unspecified atom stereocenters. The molecule has 0 spiro atoms. The van der Waals surface area contributed by atoms with Crippen molar-refractivity contribution < 1.29 is 0 Å². The van der Waals surface area contributed by atoms with Gasteiger partial charge in [0, 0.05) is 7.05 Å². The van der Waals surface area contributed by atoms with Crippen LogP contribution in [0.4, 0.5) is 0 Å². The van der Waals surface area contributed by atoms with Crippen molar-refractivity contribution in [2.75, 3.05) is 6.54 Å². The second kappa shape index (κ2) is 5.57. The molecule has 0 amide bonds. The predicted octanol–water partition coefficient (Wildman–Crippen LogP) is 2.01. The number of rotatable bonds is 5. The van der Waals surface area contributed by atoms with Crippen LogP contribution >= 0.6 is 23.3 Å². The molecule has 5 nitrogen and oxygen atoms in total. The predicted molar refractivity (Wildman–Crippen MR) is 68.3 cm³/mol. The van der Waals surface area contributed by atoms with E-state index in [1.54, 1.807) is 17.1 Å². The first kappa shape index (κ1) is 12.5. The molecule has 0 saturated heterocycles. The minimum atomic E-state index is -0.0475. The molecular weight excluding hydrogens is 258 g/mol. The fourth-order valence-corrected chi connectivity index (χ4v) is 2.40. The van der Waals surface area contributed by atoms with E-state index in [9.17, 15) is 0 Å². The third-order valence-corrected chi connectivity index (χ3v) is 3.27. The summed E-state index contributed by atoms with van der Waals surface area (Å²) in [5.74, 6) is 0. The lowest BCUT2D eigenvalue weighted by Crippen LogP contribution is -2.25. The van der Waals surface area contributed by atoms with Crippen molar-refractivity contribution in [2.45, 2.75) is 19.4 Å². The first-order chi connectivity index (χ1) is 8.24. The molecule has 7 heteroatoms. The highest BCUT2D eigenvalue weighted by molar-refractivity contribution is 6.99. The minimum absolute atomic E-state index is 0.0475. The minimum Gasteiger partial charge on any atom is -0.304 e. The van der Waals surface area contributed by atoms with Crippen molar-refractivity contribution in [3.05, 3.63) is 28.8 Å². The summed E-state index contributed by atoms with van der Waals surface area (Å²) in [6.45, 7) is 3.01. The maximum absolute atomic E-state index is 6.17. The number of hydrogen-bond donors (Lipinski definition) is 1. The van der Waals surface area contributed by atoms with E-state index in [0.717, 1.165) is 24.4 Å². The highest BCUT2D eigenvalue weighted by Crippen LogP contribution is 2.26. The summed E-state index contributed by atoms with van der Waals surface area (Å²) < 4.78 is 10.1. The van der Waals surface area contributed by atoms with Crippen LogP contribution in [0.15, 0.2) is 12.4 Å². The van der Waals surface area contributed by atoms with E-state index >= 15 is 0 Å². The Morgan fingerprint density at radius 2 is 2.35 bits per heavy atom. The standard InChI is InChI=1S/C10H14ClN5S/c1-3-4-12-9(8-6-14-17-15-8)10-7(11)5-13-16(10)2/h5-6,9,12H,3-4H2,1-2H3. The molecule has 0 aliphatic carbocycles. The Morgan fingerprint density at radius 1 is 1.53 bits per heavy atom. The first-order valence-corrected chi connectivity index (χ1v) is 6.53. The molecule has 0 bridgehead atoms. The van der Waals surface area contributed by atoms with Gasteiger partial charge in [-0.3, -0.25) is 4.68 Å². The fourth-order valence-electron chi connectivity index (χ4n) is 1.67. The lowest BCUT2D eigenvalue weighted by Gasteiger charge is -2.16. The van der Waals surface area contributed by atoms with Gasteiger partial charge in [-0.05, 0) is 13.0 Å². The Kier molecular flexibility index (Phi) is 4.09. The lowest BCUT2D eigenvalue weighted by molar-refractivity contribution is 0.546. The average molecular weight is 272 g/mol. The molecule has 17 heavy (non-hydrogen) atoms. The van der Waals surface area contributed by atoms with E-state index in [-0.39, 0.29) is 6.04 Å². The van der Waals surface area contributed by atoms with Gasteiger partial charge in [-0.15, -0.1) is 0 Å². The number of nitrogens with one attached hydrogen (secondary N) is 1. The van der Waals surface area contributed by atoms with Crippen LogP contribution in [0.5, 0.6) is 0 Å². The van der Waals surface area contributed by atoms with E-state index in [1.807, 2.05) is 7.05 Å². The van der Waals surface area contributed by atoms with Crippen LogP contribution in [0.2, 0.25) is 5.02 Å². The molecule has 2 aromatic heterocycles. The molecule has 1 atom stereocenters. The molecule has 0 aliphatic rings. The normalized spacial score (nSPS) is 12.9. The van der Waals surface area contributed by atoms with Gasteiger partial charge in [-0.25, -0.2) is 0 Å². The van der Waals surface area contributed by atoms with Gasteiger partial charge in [0.05, 0.1) is 46.6 Å². The van der Waals surface area contributed by atoms with Crippen LogP contribution in [0.1, 0.15) is 30.8 Å². The summed E-state index contributed by atoms with van der Waals surface area (Å²) in [5.41, 5.74) is 1.81. The monoisotopic (exact) mass is 271 g/mol. The number of hydrogen-bond acceptors (Lipinski definition) is 5. The molecule has 0 aliphatic heterocycles. The highest BCUT2D eigenvalue weighted by atomic mass is 35.5. The SMILES string of the molecule is CCCNC(c1cnsn1)c1c(Cl)cnn1C. The van der Waals surface area contributed by atoms with Gasteiger partial charge in [-0.2, -0.15) is 13.8 Å². The van der Waals surface area contributed by atoms with Crippen molar-refractivity contribution in [3.63, 3.8) is 0 Å². The summed E-state index contributed by atoms with van der Waals surface area (Å²) >= 11 is 7.37. The van der Waals surface area contributed by atoms with Crippen molar-refractivity contribution in [2.24, 2.45) is 7.05 Å². The van der Waals surface area contributed by atoms with Gasteiger partial charge in [-0.1, -0.05) is 18.5 Å². The second-order valence-electron chi connectivity index (χ2n) is 3.72. The van der Waals surface area contributed by atoms with Gasteiger partial charge in [0.2, 0.25) is 0 Å².